The number of rotatable bonds is 7. The highest BCUT2D eigenvalue weighted by Crippen LogP contribution is 2.15. The standard InChI is InChI=1S/C20H20N6O/c1-14(25-26-19(21)16-8-11-22-12-9-16)7-13-24-20(27)17-6-2-4-15-5-3-10-23-18(15)17/h2-6,8-12,25H,1,7,13H2,(H2,21,26)(H,24,27). The van der Waals surface area contributed by atoms with Gasteiger partial charge in [0.15, 0.2) is 5.84 Å². The lowest BCUT2D eigenvalue weighted by atomic mass is 10.1. The fourth-order valence-electron chi connectivity index (χ4n) is 2.49. The Balaban J connectivity index is 1.52. The molecular weight excluding hydrogens is 340 g/mol. The zero-order valence-corrected chi connectivity index (χ0v) is 14.7. The Morgan fingerprint density at radius 3 is 2.70 bits per heavy atom. The summed E-state index contributed by atoms with van der Waals surface area (Å²) in [6.45, 7) is 4.31. The average molecular weight is 360 g/mol. The second-order valence-electron chi connectivity index (χ2n) is 5.83. The molecule has 0 aliphatic carbocycles. The van der Waals surface area contributed by atoms with Gasteiger partial charge in [0.1, 0.15) is 0 Å². The smallest absolute Gasteiger partial charge is 0.253 e. The van der Waals surface area contributed by atoms with E-state index in [2.05, 4.69) is 32.4 Å². The van der Waals surface area contributed by atoms with Crippen molar-refractivity contribution >= 4 is 22.6 Å². The predicted molar refractivity (Wildman–Crippen MR) is 106 cm³/mol. The molecule has 2 heterocycles. The van der Waals surface area contributed by atoms with Gasteiger partial charge >= 0.3 is 0 Å². The number of amides is 1. The van der Waals surface area contributed by atoms with Crippen molar-refractivity contribution < 1.29 is 4.79 Å². The Bertz CT molecular complexity index is 979. The molecule has 0 saturated carbocycles. The summed E-state index contributed by atoms with van der Waals surface area (Å²) in [5, 5.41) is 7.89. The lowest BCUT2D eigenvalue weighted by Crippen LogP contribution is -2.26. The Morgan fingerprint density at radius 1 is 1.11 bits per heavy atom. The summed E-state index contributed by atoms with van der Waals surface area (Å²) in [4.78, 5) is 20.7. The van der Waals surface area contributed by atoms with E-state index in [1.807, 2.05) is 24.3 Å². The molecule has 0 saturated heterocycles. The number of nitrogens with zero attached hydrogens (tertiary/aromatic N) is 3. The van der Waals surface area contributed by atoms with Gasteiger partial charge in [0.2, 0.25) is 0 Å². The molecule has 0 aliphatic heterocycles. The second kappa shape index (κ2) is 8.57. The van der Waals surface area contributed by atoms with Crippen molar-refractivity contribution in [1.82, 2.24) is 20.7 Å². The van der Waals surface area contributed by atoms with Gasteiger partial charge in [0.05, 0.1) is 11.1 Å². The van der Waals surface area contributed by atoms with E-state index in [0.29, 0.717) is 35.6 Å². The van der Waals surface area contributed by atoms with Crippen LogP contribution in [0.15, 0.2) is 78.4 Å². The van der Waals surface area contributed by atoms with Crippen LogP contribution >= 0.6 is 0 Å². The number of pyridine rings is 2. The molecule has 3 aromatic rings. The summed E-state index contributed by atoms with van der Waals surface area (Å²) in [6, 6.07) is 12.8. The number of carbonyl (C=O) groups is 1. The highest BCUT2D eigenvalue weighted by molar-refractivity contribution is 6.05. The molecule has 0 aliphatic rings. The van der Waals surface area contributed by atoms with Gasteiger partial charge in [0, 0.05) is 48.2 Å². The average Bonchev–Trinajstić information content (AvgIpc) is 2.72. The second-order valence-corrected chi connectivity index (χ2v) is 5.83. The lowest BCUT2D eigenvalue weighted by molar-refractivity contribution is 0.0955. The zero-order chi connectivity index (χ0) is 19.1. The fraction of sp³-hybridized carbons (Fsp3) is 0.100. The van der Waals surface area contributed by atoms with Crippen LogP contribution in [0.25, 0.3) is 10.9 Å². The molecule has 3 rings (SSSR count). The number of nitrogens with one attached hydrogen (secondary N) is 2. The molecule has 0 atom stereocenters. The number of aromatic nitrogens is 2. The van der Waals surface area contributed by atoms with E-state index in [0.717, 1.165) is 10.9 Å². The van der Waals surface area contributed by atoms with Crippen LogP contribution in [0.4, 0.5) is 0 Å². The zero-order valence-electron chi connectivity index (χ0n) is 14.7. The third kappa shape index (κ3) is 4.66. The number of fused-ring (bicyclic) bond motifs is 1. The number of benzene rings is 1. The van der Waals surface area contributed by atoms with E-state index >= 15 is 0 Å². The first kappa shape index (κ1) is 18.1. The Kier molecular flexibility index (Phi) is 5.73. The van der Waals surface area contributed by atoms with Gasteiger partial charge in [-0.2, -0.15) is 5.10 Å². The van der Waals surface area contributed by atoms with E-state index < -0.39 is 0 Å². The molecule has 136 valence electrons. The maximum absolute atomic E-state index is 12.4. The maximum atomic E-state index is 12.4. The van der Waals surface area contributed by atoms with Crippen LogP contribution in [0.2, 0.25) is 0 Å². The van der Waals surface area contributed by atoms with Gasteiger partial charge < -0.3 is 11.1 Å². The van der Waals surface area contributed by atoms with Crippen molar-refractivity contribution in [3.63, 3.8) is 0 Å². The summed E-state index contributed by atoms with van der Waals surface area (Å²) in [7, 11) is 0. The molecule has 7 heteroatoms. The quantitative estimate of drug-likeness (QED) is 0.340. The number of amidine groups is 1. The molecule has 0 bridgehead atoms. The summed E-state index contributed by atoms with van der Waals surface area (Å²) in [5.41, 5.74) is 11.3. The summed E-state index contributed by atoms with van der Waals surface area (Å²) < 4.78 is 0. The minimum Gasteiger partial charge on any atom is -0.382 e. The van der Waals surface area contributed by atoms with Crippen molar-refractivity contribution in [2.45, 2.75) is 6.42 Å². The van der Waals surface area contributed by atoms with Crippen LogP contribution < -0.4 is 16.5 Å². The van der Waals surface area contributed by atoms with Gasteiger partial charge in [-0.3, -0.25) is 20.2 Å². The molecule has 27 heavy (non-hydrogen) atoms. The van der Waals surface area contributed by atoms with Gasteiger partial charge in [-0.15, -0.1) is 0 Å². The predicted octanol–water partition coefficient (Wildman–Crippen LogP) is 2.17. The first-order chi connectivity index (χ1) is 13.1. The Hall–Kier alpha value is -3.74. The summed E-state index contributed by atoms with van der Waals surface area (Å²) >= 11 is 0. The third-order valence-corrected chi connectivity index (χ3v) is 3.90. The van der Waals surface area contributed by atoms with Crippen LogP contribution in [0.5, 0.6) is 0 Å². The largest absolute Gasteiger partial charge is 0.382 e. The normalized spacial score (nSPS) is 11.2. The molecule has 0 radical (unpaired) electrons. The number of nitrogens with two attached hydrogens (primary N) is 1. The van der Waals surface area contributed by atoms with E-state index in [1.165, 1.54) is 0 Å². The minimum absolute atomic E-state index is 0.174. The molecule has 0 spiro atoms. The molecule has 1 aromatic carbocycles. The Labute approximate surface area is 157 Å². The maximum Gasteiger partial charge on any atom is 0.253 e. The lowest BCUT2D eigenvalue weighted by Gasteiger charge is -2.09. The molecule has 4 N–H and O–H groups in total. The number of carbonyl (C=O) groups excluding carboxylic acids is 1. The van der Waals surface area contributed by atoms with Gasteiger partial charge in [0.25, 0.3) is 5.91 Å². The Morgan fingerprint density at radius 2 is 1.89 bits per heavy atom. The van der Waals surface area contributed by atoms with Crippen molar-refractivity contribution in [2.75, 3.05) is 6.54 Å². The van der Waals surface area contributed by atoms with Crippen molar-refractivity contribution in [3.8, 4) is 0 Å². The molecular formula is C20H20N6O. The number of hydrogen-bond donors (Lipinski definition) is 3. The minimum atomic E-state index is -0.174. The van der Waals surface area contributed by atoms with Crippen molar-refractivity contribution in [3.05, 3.63) is 84.5 Å². The first-order valence-electron chi connectivity index (χ1n) is 8.44. The highest BCUT2D eigenvalue weighted by atomic mass is 16.1. The van der Waals surface area contributed by atoms with E-state index in [4.69, 9.17) is 5.73 Å². The SMILES string of the molecule is C=C(CCNC(=O)c1cccc2cccnc12)N/N=C(\N)c1ccncc1. The van der Waals surface area contributed by atoms with Gasteiger partial charge in [-0.25, -0.2) is 0 Å². The summed E-state index contributed by atoms with van der Waals surface area (Å²) in [5.74, 6) is 0.163. The molecule has 0 fully saturated rings. The van der Waals surface area contributed by atoms with Crippen LogP contribution in [0.3, 0.4) is 0 Å². The van der Waals surface area contributed by atoms with E-state index in [-0.39, 0.29) is 5.91 Å². The molecule has 1 amide bonds. The number of hydrogen-bond acceptors (Lipinski definition) is 5. The van der Waals surface area contributed by atoms with Crippen LogP contribution in [-0.2, 0) is 0 Å². The van der Waals surface area contributed by atoms with E-state index in [1.54, 1.807) is 36.8 Å². The van der Waals surface area contributed by atoms with Gasteiger partial charge in [-0.05, 0) is 24.3 Å². The molecule has 2 aromatic heterocycles. The fourth-order valence-corrected chi connectivity index (χ4v) is 2.49. The van der Waals surface area contributed by atoms with E-state index in [9.17, 15) is 4.79 Å². The number of hydrazone groups is 1. The third-order valence-electron chi connectivity index (χ3n) is 3.90. The topological polar surface area (TPSA) is 105 Å². The molecule has 7 nitrogen and oxygen atoms in total. The van der Waals surface area contributed by atoms with Gasteiger partial charge in [-0.1, -0.05) is 24.8 Å². The number of para-hydroxylation sites is 1. The monoisotopic (exact) mass is 360 g/mol. The molecule has 0 unspecified atom stereocenters. The first-order valence-corrected chi connectivity index (χ1v) is 8.44. The van der Waals surface area contributed by atoms with Crippen LogP contribution in [0, 0.1) is 0 Å². The highest BCUT2D eigenvalue weighted by Gasteiger charge is 2.10. The van der Waals surface area contributed by atoms with Crippen LogP contribution in [-0.4, -0.2) is 28.3 Å². The van der Waals surface area contributed by atoms with Crippen LogP contribution in [0.1, 0.15) is 22.3 Å². The van der Waals surface area contributed by atoms with Crippen molar-refractivity contribution in [2.24, 2.45) is 10.8 Å². The van der Waals surface area contributed by atoms with Crippen molar-refractivity contribution in [1.29, 1.82) is 0 Å². The summed E-state index contributed by atoms with van der Waals surface area (Å²) in [6.07, 6.45) is 5.47.